The number of rotatable bonds is 5. The second kappa shape index (κ2) is 6.25. The molecule has 20 heavy (non-hydrogen) atoms. The van der Waals surface area contributed by atoms with E-state index < -0.39 is 4.92 Å². The van der Waals surface area contributed by atoms with Gasteiger partial charge in [0.1, 0.15) is 5.01 Å². The molecule has 0 radical (unpaired) electrons. The van der Waals surface area contributed by atoms with Gasteiger partial charge in [-0.1, -0.05) is 12.1 Å². The summed E-state index contributed by atoms with van der Waals surface area (Å²) in [7, 11) is 0. The van der Waals surface area contributed by atoms with Crippen LogP contribution in [0.15, 0.2) is 29.6 Å². The molecule has 1 heterocycles. The highest BCUT2D eigenvalue weighted by atomic mass is 32.1. The van der Waals surface area contributed by atoms with Crippen molar-refractivity contribution in [3.05, 3.63) is 45.5 Å². The predicted octanol–water partition coefficient (Wildman–Crippen LogP) is 2.82. The molecule has 0 N–H and O–H groups in total. The summed E-state index contributed by atoms with van der Waals surface area (Å²) < 4.78 is 4.84. The summed E-state index contributed by atoms with van der Waals surface area (Å²) in [5, 5.41) is 13.2. The molecule has 2 aromatic rings. The molecule has 1 aromatic heterocycles. The maximum atomic E-state index is 11.4. The van der Waals surface area contributed by atoms with E-state index in [2.05, 4.69) is 4.98 Å². The molecule has 0 atom stereocenters. The highest BCUT2D eigenvalue weighted by Gasteiger charge is 2.17. The number of hydrogen-bond donors (Lipinski definition) is 0. The zero-order chi connectivity index (χ0) is 14.5. The zero-order valence-corrected chi connectivity index (χ0v) is 11.6. The van der Waals surface area contributed by atoms with E-state index in [-0.39, 0.29) is 18.1 Å². The Bertz CT molecular complexity index is 639. The summed E-state index contributed by atoms with van der Waals surface area (Å²) in [4.78, 5) is 26.2. The smallest absolute Gasteiger partial charge is 0.311 e. The van der Waals surface area contributed by atoms with Crippen molar-refractivity contribution in [2.45, 2.75) is 13.3 Å². The summed E-state index contributed by atoms with van der Waals surface area (Å²) in [5.74, 6) is -0.355. The van der Waals surface area contributed by atoms with Crippen LogP contribution in [0.3, 0.4) is 0 Å². The Balaban J connectivity index is 2.25. The van der Waals surface area contributed by atoms with Crippen LogP contribution in [0.5, 0.6) is 0 Å². The first kappa shape index (κ1) is 14.1. The molecular formula is C13H12N2O4S. The Morgan fingerprint density at radius 3 is 2.90 bits per heavy atom. The first-order valence-electron chi connectivity index (χ1n) is 5.95. The van der Waals surface area contributed by atoms with E-state index in [1.54, 1.807) is 30.5 Å². The van der Waals surface area contributed by atoms with Gasteiger partial charge in [-0.05, 0) is 13.0 Å². The van der Waals surface area contributed by atoms with Gasteiger partial charge in [0.2, 0.25) is 0 Å². The minimum absolute atomic E-state index is 0.00420. The molecule has 6 nitrogen and oxygen atoms in total. The number of hydrogen-bond acceptors (Lipinski definition) is 6. The summed E-state index contributed by atoms with van der Waals surface area (Å²) in [6.45, 7) is 2.05. The third-order valence-electron chi connectivity index (χ3n) is 2.51. The maximum Gasteiger partial charge on any atom is 0.311 e. The summed E-state index contributed by atoms with van der Waals surface area (Å²) in [6, 6.07) is 6.40. The van der Waals surface area contributed by atoms with Crippen molar-refractivity contribution in [3.63, 3.8) is 0 Å². The number of carbonyl (C=O) groups excluding carboxylic acids is 1. The number of nitrogens with zero attached hydrogens (tertiary/aromatic N) is 2. The molecule has 0 fully saturated rings. The van der Waals surface area contributed by atoms with Gasteiger partial charge in [-0.2, -0.15) is 0 Å². The first-order chi connectivity index (χ1) is 9.61. The number of ether oxygens (including phenoxy) is 1. The van der Waals surface area contributed by atoms with Gasteiger partial charge in [0.25, 0.3) is 5.69 Å². The molecule has 0 saturated carbocycles. The highest BCUT2D eigenvalue weighted by Crippen LogP contribution is 2.31. The maximum absolute atomic E-state index is 11.4. The molecule has 104 valence electrons. The van der Waals surface area contributed by atoms with Crippen LogP contribution in [-0.2, 0) is 16.0 Å². The number of benzene rings is 1. The number of carbonyl (C=O) groups is 1. The van der Waals surface area contributed by atoms with Gasteiger partial charge in [-0.15, -0.1) is 11.3 Å². The van der Waals surface area contributed by atoms with Crippen LogP contribution in [-0.4, -0.2) is 22.5 Å². The average Bonchev–Trinajstić information content (AvgIpc) is 2.87. The molecule has 0 saturated heterocycles. The van der Waals surface area contributed by atoms with Crippen LogP contribution in [0, 0.1) is 10.1 Å². The van der Waals surface area contributed by atoms with Crippen molar-refractivity contribution in [3.8, 4) is 10.6 Å². The number of nitro groups is 1. The van der Waals surface area contributed by atoms with Gasteiger partial charge in [0.15, 0.2) is 0 Å². The quantitative estimate of drug-likeness (QED) is 0.481. The van der Waals surface area contributed by atoms with Crippen LogP contribution < -0.4 is 0 Å². The second-order valence-corrected chi connectivity index (χ2v) is 4.76. The number of nitro benzene ring substituents is 1. The lowest BCUT2D eigenvalue weighted by atomic mass is 10.2. The average molecular weight is 292 g/mol. The van der Waals surface area contributed by atoms with Crippen molar-refractivity contribution < 1.29 is 14.5 Å². The van der Waals surface area contributed by atoms with E-state index in [4.69, 9.17) is 4.74 Å². The molecular weight excluding hydrogens is 280 g/mol. The van der Waals surface area contributed by atoms with Crippen molar-refractivity contribution in [1.29, 1.82) is 0 Å². The Morgan fingerprint density at radius 2 is 2.20 bits per heavy atom. The topological polar surface area (TPSA) is 82.3 Å². The van der Waals surface area contributed by atoms with E-state index in [9.17, 15) is 14.9 Å². The normalized spacial score (nSPS) is 10.2. The van der Waals surface area contributed by atoms with Crippen LogP contribution in [0.2, 0.25) is 0 Å². The molecule has 0 aliphatic heterocycles. The van der Waals surface area contributed by atoms with Crippen molar-refractivity contribution in [1.82, 2.24) is 4.98 Å². The van der Waals surface area contributed by atoms with Crippen LogP contribution >= 0.6 is 11.3 Å². The van der Waals surface area contributed by atoms with Gasteiger partial charge >= 0.3 is 5.97 Å². The Kier molecular flexibility index (Phi) is 4.41. The number of aromatic nitrogens is 1. The SMILES string of the molecule is CCOC(=O)Cc1csc(-c2ccccc2[N+](=O)[O-])n1. The number of esters is 1. The van der Waals surface area contributed by atoms with E-state index in [0.717, 1.165) is 0 Å². The van der Waals surface area contributed by atoms with Gasteiger partial charge in [0, 0.05) is 11.4 Å². The zero-order valence-electron chi connectivity index (χ0n) is 10.7. The Labute approximate surface area is 119 Å². The van der Waals surface area contributed by atoms with E-state index in [0.29, 0.717) is 22.9 Å². The summed E-state index contributed by atoms with van der Waals surface area (Å²) in [6.07, 6.45) is 0.0744. The molecule has 2 rings (SSSR count). The van der Waals surface area contributed by atoms with Gasteiger partial charge in [-0.3, -0.25) is 14.9 Å². The molecule has 0 bridgehead atoms. The second-order valence-electron chi connectivity index (χ2n) is 3.90. The van der Waals surface area contributed by atoms with E-state index in [1.807, 2.05) is 0 Å². The van der Waals surface area contributed by atoms with Crippen molar-refractivity contribution in [2.75, 3.05) is 6.61 Å². The first-order valence-corrected chi connectivity index (χ1v) is 6.83. The lowest BCUT2D eigenvalue weighted by Gasteiger charge is -1.99. The lowest BCUT2D eigenvalue weighted by Crippen LogP contribution is -2.07. The van der Waals surface area contributed by atoms with E-state index >= 15 is 0 Å². The van der Waals surface area contributed by atoms with Gasteiger partial charge < -0.3 is 4.74 Å². The van der Waals surface area contributed by atoms with Crippen molar-refractivity contribution in [2.24, 2.45) is 0 Å². The fraction of sp³-hybridized carbons (Fsp3) is 0.231. The van der Waals surface area contributed by atoms with E-state index in [1.165, 1.54) is 17.4 Å². The third kappa shape index (κ3) is 3.18. The monoisotopic (exact) mass is 292 g/mol. The standard InChI is InChI=1S/C13H12N2O4S/c1-2-19-12(16)7-9-8-20-13(14-9)10-5-3-4-6-11(10)15(17)18/h3-6,8H,2,7H2,1H3. The van der Waals surface area contributed by atoms with Crippen LogP contribution in [0.4, 0.5) is 5.69 Å². The molecule has 0 unspecified atom stereocenters. The largest absolute Gasteiger partial charge is 0.466 e. The summed E-state index contributed by atoms with van der Waals surface area (Å²) in [5.41, 5.74) is 1.02. The molecule has 0 amide bonds. The Hall–Kier alpha value is -2.28. The molecule has 7 heteroatoms. The Morgan fingerprint density at radius 1 is 1.45 bits per heavy atom. The lowest BCUT2D eigenvalue weighted by molar-refractivity contribution is -0.384. The fourth-order valence-corrected chi connectivity index (χ4v) is 2.54. The van der Waals surface area contributed by atoms with Gasteiger partial charge in [-0.25, -0.2) is 4.98 Å². The molecule has 1 aromatic carbocycles. The molecule has 0 spiro atoms. The number of thiazole rings is 1. The number of para-hydroxylation sites is 1. The fourth-order valence-electron chi connectivity index (χ4n) is 1.69. The minimum atomic E-state index is -0.443. The van der Waals surface area contributed by atoms with Crippen molar-refractivity contribution >= 4 is 23.0 Å². The molecule has 0 aliphatic carbocycles. The highest BCUT2D eigenvalue weighted by molar-refractivity contribution is 7.13. The predicted molar refractivity (Wildman–Crippen MR) is 74.5 cm³/mol. The molecule has 0 aliphatic rings. The van der Waals surface area contributed by atoms with Gasteiger partial charge in [0.05, 0.1) is 29.2 Å². The minimum Gasteiger partial charge on any atom is -0.466 e. The van der Waals surface area contributed by atoms with Crippen LogP contribution in [0.1, 0.15) is 12.6 Å². The summed E-state index contributed by atoms with van der Waals surface area (Å²) >= 11 is 1.27. The third-order valence-corrected chi connectivity index (χ3v) is 3.44. The van der Waals surface area contributed by atoms with Crippen LogP contribution in [0.25, 0.3) is 10.6 Å².